The van der Waals surface area contributed by atoms with Crippen LogP contribution in [0.1, 0.15) is 24.2 Å². The van der Waals surface area contributed by atoms with Crippen LogP contribution in [0.4, 0.5) is 13.2 Å². The van der Waals surface area contributed by atoms with Crippen molar-refractivity contribution in [2.75, 3.05) is 7.11 Å². The molecular weight excluding hydrogens is 235 g/mol. The number of alkyl halides is 3. The van der Waals surface area contributed by atoms with Crippen molar-refractivity contribution in [3.8, 4) is 5.75 Å². The number of hydrogen-bond acceptors (Lipinski definition) is 3. The van der Waals surface area contributed by atoms with E-state index >= 15 is 0 Å². The zero-order chi connectivity index (χ0) is 13.2. The number of hydrogen-bond donors (Lipinski definition) is 2. The van der Waals surface area contributed by atoms with E-state index in [2.05, 4.69) is 4.74 Å². The first-order valence-electron chi connectivity index (χ1n) is 4.96. The van der Waals surface area contributed by atoms with Gasteiger partial charge in [-0.25, -0.2) is 0 Å². The Morgan fingerprint density at radius 3 is 2.35 bits per heavy atom. The van der Waals surface area contributed by atoms with Gasteiger partial charge < -0.3 is 15.6 Å². The monoisotopic (exact) mass is 249 g/mol. The Hall–Kier alpha value is -1.27. The molecule has 0 amide bonds. The molecule has 3 nitrogen and oxygen atoms in total. The van der Waals surface area contributed by atoms with Crippen molar-refractivity contribution < 1.29 is 23.0 Å². The third kappa shape index (κ3) is 3.10. The predicted octanol–water partition coefficient (Wildman–Crippen LogP) is 2.09. The van der Waals surface area contributed by atoms with Crippen molar-refractivity contribution >= 4 is 0 Å². The van der Waals surface area contributed by atoms with Gasteiger partial charge in [0.2, 0.25) is 0 Å². The van der Waals surface area contributed by atoms with E-state index < -0.39 is 23.9 Å². The molecule has 0 spiro atoms. The summed E-state index contributed by atoms with van der Waals surface area (Å²) >= 11 is 0. The van der Waals surface area contributed by atoms with Crippen LogP contribution in [0.15, 0.2) is 18.2 Å². The van der Waals surface area contributed by atoms with Crippen molar-refractivity contribution in [1.29, 1.82) is 0 Å². The van der Waals surface area contributed by atoms with Crippen LogP contribution in [0.2, 0.25) is 0 Å². The topological polar surface area (TPSA) is 55.5 Å². The molecule has 0 aromatic heterocycles. The minimum Gasteiger partial charge on any atom is -0.496 e. The second kappa shape index (κ2) is 4.93. The van der Waals surface area contributed by atoms with Gasteiger partial charge in [-0.3, -0.25) is 0 Å². The van der Waals surface area contributed by atoms with Crippen LogP contribution in [-0.4, -0.2) is 18.3 Å². The highest BCUT2D eigenvalue weighted by Gasteiger charge is 2.35. The van der Waals surface area contributed by atoms with Crippen LogP contribution in [0.3, 0.4) is 0 Å². The highest BCUT2D eigenvalue weighted by Crippen LogP contribution is 2.37. The van der Waals surface area contributed by atoms with Gasteiger partial charge in [-0.05, 0) is 24.6 Å². The van der Waals surface area contributed by atoms with Gasteiger partial charge in [-0.2, -0.15) is 13.2 Å². The smallest absolute Gasteiger partial charge is 0.419 e. The van der Waals surface area contributed by atoms with E-state index in [1.807, 2.05) is 0 Å². The summed E-state index contributed by atoms with van der Waals surface area (Å²) in [6.07, 6.45) is -5.67. The molecule has 96 valence electrons. The largest absolute Gasteiger partial charge is 0.496 e. The van der Waals surface area contributed by atoms with E-state index in [4.69, 9.17) is 5.73 Å². The maximum atomic E-state index is 12.7. The van der Waals surface area contributed by atoms with Crippen LogP contribution in [0.25, 0.3) is 0 Å². The molecule has 0 heterocycles. The van der Waals surface area contributed by atoms with E-state index in [1.165, 1.54) is 19.1 Å². The third-order valence-electron chi connectivity index (χ3n) is 2.37. The van der Waals surface area contributed by atoms with Crippen LogP contribution < -0.4 is 10.5 Å². The Morgan fingerprint density at radius 1 is 1.35 bits per heavy atom. The number of ether oxygens (including phenoxy) is 1. The predicted molar refractivity (Wildman–Crippen MR) is 56.6 cm³/mol. The summed E-state index contributed by atoms with van der Waals surface area (Å²) in [7, 11) is 1.16. The van der Waals surface area contributed by atoms with Crippen LogP contribution in [0, 0.1) is 0 Å². The molecule has 0 aliphatic carbocycles. The van der Waals surface area contributed by atoms with Crippen molar-refractivity contribution in [3.63, 3.8) is 0 Å². The maximum Gasteiger partial charge on any atom is 0.419 e. The second-order valence-electron chi connectivity index (χ2n) is 3.76. The highest BCUT2D eigenvalue weighted by molar-refractivity contribution is 5.40. The molecule has 2 unspecified atom stereocenters. The summed E-state index contributed by atoms with van der Waals surface area (Å²) in [4.78, 5) is 0. The SMILES string of the molecule is COc1ccc(C(O)C(C)N)cc1C(F)(F)F. The fraction of sp³-hybridized carbons (Fsp3) is 0.455. The van der Waals surface area contributed by atoms with E-state index in [-0.39, 0.29) is 11.3 Å². The highest BCUT2D eigenvalue weighted by atomic mass is 19.4. The molecule has 17 heavy (non-hydrogen) atoms. The fourth-order valence-electron chi connectivity index (χ4n) is 1.43. The van der Waals surface area contributed by atoms with E-state index in [1.54, 1.807) is 0 Å². The van der Waals surface area contributed by atoms with Gasteiger partial charge in [0.05, 0.1) is 18.8 Å². The summed E-state index contributed by atoms with van der Waals surface area (Å²) in [6, 6.07) is 2.74. The third-order valence-corrected chi connectivity index (χ3v) is 2.37. The molecule has 6 heteroatoms. The molecule has 0 saturated heterocycles. The molecule has 1 aromatic rings. The molecule has 0 bridgehead atoms. The molecule has 1 rings (SSSR count). The summed E-state index contributed by atoms with van der Waals surface area (Å²) in [5.74, 6) is -0.280. The lowest BCUT2D eigenvalue weighted by molar-refractivity contribution is -0.138. The average molecular weight is 249 g/mol. The summed E-state index contributed by atoms with van der Waals surface area (Å²) < 4.78 is 42.7. The number of rotatable bonds is 3. The van der Waals surface area contributed by atoms with Crippen LogP contribution >= 0.6 is 0 Å². The van der Waals surface area contributed by atoms with Gasteiger partial charge in [-0.15, -0.1) is 0 Å². The average Bonchev–Trinajstić information content (AvgIpc) is 2.25. The van der Waals surface area contributed by atoms with Crippen molar-refractivity contribution in [2.24, 2.45) is 5.73 Å². The number of benzene rings is 1. The molecule has 0 aliphatic rings. The van der Waals surface area contributed by atoms with Crippen molar-refractivity contribution in [2.45, 2.75) is 25.2 Å². The van der Waals surface area contributed by atoms with E-state index in [9.17, 15) is 18.3 Å². The molecule has 0 aliphatic heterocycles. The lowest BCUT2D eigenvalue weighted by Gasteiger charge is -2.18. The Labute approximate surface area is 97.0 Å². The normalized spacial score (nSPS) is 15.5. The Bertz CT molecular complexity index is 391. The first-order valence-corrected chi connectivity index (χ1v) is 4.96. The first-order chi connectivity index (χ1) is 7.77. The summed E-state index contributed by atoms with van der Waals surface area (Å²) in [6.45, 7) is 1.52. The number of aliphatic hydroxyl groups is 1. The van der Waals surface area contributed by atoms with E-state index in [0.717, 1.165) is 13.2 Å². The number of methoxy groups -OCH3 is 1. The van der Waals surface area contributed by atoms with Gasteiger partial charge in [0.25, 0.3) is 0 Å². The number of aliphatic hydroxyl groups excluding tert-OH is 1. The fourth-order valence-corrected chi connectivity index (χ4v) is 1.43. The Kier molecular flexibility index (Phi) is 4.00. The van der Waals surface area contributed by atoms with Gasteiger partial charge in [0, 0.05) is 6.04 Å². The first kappa shape index (κ1) is 13.8. The van der Waals surface area contributed by atoms with Crippen LogP contribution in [-0.2, 0) is 6.18 Å². The standard InChI is InChI=1S/C11H14F3NO2/c1-6(15)10(16)7-3-4-9(17-2)8(5-7)11(12,13)14/h3-6,10,16H,15H2,1-2H3. The van der Waals surface area contributed by atoms with Crippen molar-refractivity contribution in [3.05, 3.63) is 29.3 Å². The molecular formula is C11H14F3NO2. The lowest BCUT2D eigenvalue weighted by Crippen LogP contribution is -2.24. The quantitative estimate of drug-likeness (QED) is 0.862. The van der Waals surface area contributed by atoms with Gasteiger partial charge in [-0.1, -0.05) is 6.07 Å². The van der Waals surface area contributed by atoms with Gasteiger partial charge in [0.1, 0.15) is 5.75 Å². The Balaban J connectivity index is 3.23. The number of nitrogens with two attached hydrogens (primary N) is 1. The minimum absolute atomic E-state index is 0.119. The minimum atomic E-state index is -4.53. The molecule has 2 atom stereocenters. The number of halogens is 3. The summed E-state index contributed by atoms with van der Waals surface area (Å²) in [5, 5.41) is 9.62. The second-order valence-corrected chi connectivity index (χ2v) is 3.76. The molecule has 1 aromatic carbocycles. The molecule has 0 fully saturated rings. The maximum absolute atomic E-state index is 12.7. The molecule has 0 saturated carbocycles. The lowest BCUT2D eigenvalue weighted by atomic mass is 10.0. The van der Waals surface area contributed by atoms with Crippen LogP contribution in [0.5, 0.6) is 5.75 Å². The molecule has 0 radical (unpaired) electrons. The van der Waals surface area contributed by atoms with Crippen molar-refractivity contribution in [1.82, 2.24) is 0 Å². The van der Waals surface area contributed by atoms with E-state index in [0.29, 0.717) is 0 Å². The molecule has 3 N–H and O–H groups in total. The Morgan fingerprint density at radius 2 is 1.94 bits per heavy atom. The summed E-state index contributed by atoms with van der Waals surface area (Å²) in [5.41, 5.74) is 4.63. The van der Waals surface area contributed by atoms with Gasteiger partial charge in [0.15, 0.2) is 0 Å². The van der Waals surface area contributed by atoms with Gasteiger partial charge >= 0.3 is 6.18 Å². The zero-order valence-electron chi connectivity index (χ0n) is 9.45. The zero-order valence-corrected chi connectivity index (χ0v) is 9.45.